The van der Waals surface area contributed by atoms with E-state index in [-0.39, 0.29) is 23.6 Å². The van der Waals surface area contributed by atoms with E-state index in [1.165, 1.54) is 0 Å². The van der Waals surface area contributed by atoms with E-state index in [0.717, 1.165) is 31.6 Å². The van der Waals surface area contributed by atoms with Crippen molar-refractivity contribution in [1.82, 2.24) is 19.8 Å². The zero-order valence-electron chi connectivity index (χ0n) is 14.9. The van der Waals surface area contributed by atoms with Gasteiger partial charge in [0.2, 0.25) is 0 Å². The van der Waals surface area contributed by atoms with Crippen LogP contribution in [0.4, 0.5) is 0 Å². The summed E-state index contributed by atoms with van der Waals surface area (Å²) in [6, 6.07) is 3.81. The third-order valence-electron chi connectivity index (χ3n) is 5.25. The van der Waals surface area contributed by atoms with Gasteiger partial charge in [0.1, 0.15) is 0 Å². The average Bonchev–Trinajstić information content (AvgIpc) is 3.25. The molecule has 2 aliphatic rings. The third-order valence-corrected chi connectivity index (χ3v) is 6.95. The molecule has 8 heteroatoms. The number of piperazine rings is 1. The number of hydrogen-bond acceptors (Lipinski definition) is 7. The Hall–Kier alpha value is -1.77. The van der Waals surface area contributed by atoms with Crippen molar-refractivity contribution < 1.29 is 12.8 Å². The fourth-order valence-electron chi connectivity index (χ4n) is 4.06. The Labute approximate surface area is 154 Å². The first-order valence-electron chi connectivity index (χ1n) is 9.09. The normalized spacial score (nSPS) is 26.0. The van der Waals surface area contributed by atoms with Crippen LogP contribution in [-0.2, 0) is 16.4 Å². The van der Waals surface area contributed by atoms with Crippen molar-refractivity contribution in [1.29, 1.82) is 0 Å². The van der Waals surface area contributed by atoms with Gasteiger partial charge >= 0.3 is 0 Å². The smallest absolute Gasteiger partial charge is 0.195 e. The Morgan fingerprint density at radius 2 is 1.85 bits per heavy atom. The lowest BCUT2D eigenvalue weighted by Crippen LogP contribution is -2.58. The molecule has 0 N–H and O–H groups in total. The summed E-state index contributed by atoms with van der Waals surface area (Å²) in [5.74, 6) is 1.74. The van der Waals surface area contributed by atoms with E-state index in [0.29, 0.717) is 18.1 Å². The first-order chi connectivity index (χ1) is 12.6. The van der Waals surface area contributed by atoms with E-state index in [2.05, 4.69) is 26.7 Å². The molecule has 2 aliphatic heterocycles. The molecule has 0 saturated carbocycles. The van der Waals surface area contributed by atoms with E-state index in [1.807, 2.05) is 24.5 Å². The standard InChI is InChI=1S/C18H24N4O3S/c1-2-5-21-6-7-22(16-13-26(23,24)12-15(16)21)11-14-9-19-18(20-10-14)17-4-3-8-25-17/h3-4,8-10,15-16H,2,5-7,11-13H2,1H3/t15-,16+/m0/s1. The Kier molecular flexibility index (Phi) is 4.81. The Bertz CT molecular complexity index is 836. The summed E-state index contributed by atoms with van der Waals surface area (Å²) in [4.78, 5) is 13.4. The minimum absolute atomic E-state index is 0.0602. The van der Waals surface area contributed by atoms with Crippen LogP contribution < -0.4 is 0 Å². The summed E-state index contributed by atoms with van der Waals surface area (Å²) in [5, 5.41) is 0. The van der Waals surface area contributed by atoms with E-state index in [4.69, 9.17) is 4.42 Å². The molecule has 0 radical (unpaired) electrons. The van der Waals surface area contributed by atoms with Crippen molar-refractivity contribution in [3.05, 3.63) is 36.4 Å². The lowest BCUT2D eigenvalue weighted by Gasteiger charge is -2.43. The number of furan rings is 1. The second-order valence-electron chi connectivity index (χ2n) is 7.11. The molecule has 140 valence electrons. The summed E-state index contributed by atoms with van der Waals surface area (Å²) in [5.41, 5.74) is 0.993. The maximum Gasteiger partial charge on any atom is 0.195 e. The van der Waals surface area contributed by atoms with Crippen LogP contribution in [0.25, 0.3) is 11.6 Å². The predicted octanol–water partition coefficient (Wildman–Crippen LogP) is 1.43. The molecular weight excluding hydrogens is 352 g/mol. The number of nitrogens with zero attached hydrogens (tertiary/aromatic N) is 4. The van der Waals surface area contributed by atoms with Gasteiger partial charge in [-0.05, 0) is 25.1 Å². The van der Waals surface area contributed by atoms with Crippen LogP contribution in [0, 0.1) is 0 Å². The highest BCUT2D eigenvalue weighted by Crippen LogP contribution is 2.28. The second-order valence-corrected chi connectivity index (χ2v) is 9.26. The number of aromatic nitrogens is 2. The molecule has 2 aromatic rings. The van der Waals surface area contributed by atoms with Crippen molar-refractivity contribution in [2.75, 3.05) is 31.1 Å². The molecule has 0 aromatic carbocycles. The summed E-state index contributed by atoms with van der Waals surface area (Å²) in [7, 11) is -2.97. The third kappa shape index (κ3) is 3.54. The lowest BCUT2D eigenvalue weighted by molar-refractivity contribution is 0.0404. The van der Waals surface area contributed by atoms with Gasteiger partial charge in [0.25, 0.3) is 0 Å². The topological polar surface area (TPSA) is 79.5 Å². The highest BCUT2D eigenvalue weighted by molar-refractivity contribution is 7.91. The minimum atomic E-state index is -2.97. The molecule has 2 fully saturated rings. The molecule has 0 aliphatic carbocycles. The van der Waals surface area contributed by atoms with Gasteiger partial charge in [-0.2, -0.15) is 0 Å². The van der Waals surface area contributed by atoms with E-state index < -0.39 is 9.84 Å². The first kappa shape index (κ1) is 17.6. The molecule has 0 spiro atoms. The molecule has 2 saturated heterocycles. The number of fused-ring (bicyclic) bond motifs is 1. The first-order valence-corrected chi connectivity index (χ1v) is 10.9. The molecule has 0 unspecified atom stereocenters. The molecule has 2 aromatic heterocycles. The second kappa shape index (κ2) is 7.09. The summed E-state index contributed by atoms with van der Waals surface area (Å²) < 4.78 is 29.8. The lowest BCUT2D eigenvalue weighted by atomic mass is 10.0. The van der Waals surface area contributed by atoms with Crippen molar-refractivity contribution >= 4 is 9.84 Å². The SMILES string of the molecule is CCCN1CCN(Cc2cnc(-c3ccco3)nc2)[C@@H]2CS(=O)(=O)C[C@@H]21. The summed E-state index contributed by atoms with van der Waals surface area (Å²) >= 11 is 0. The van der Waals surface area contributed by atoms with Crippen LogP contribution in [0.2, 0.25) is 0 Å². The monoisotopic (exact) mass is 376 g/mol. The van der Waals surface area contributed by atoms with Gasteiger partial charge in [0.15, 0.2) is 21.4 Å². The molecule has 26 heavy (non-hydrogen) atoms. The highest BCUT2D eigenvalue weighted by Gasteiger charge is 2.46. The fraction of sp³-hybridized carbons (Fsp3) is 0.556. The van der Waals surface area contributed by atoms with Gasteiger partial charge < -0.3 is 4.42 Å². The molecule has 4 heterocycles. The van der Waals surface area contributed by atoms with Gasteiger partial charge in [-0.3, -0.25) is 9.80 Å². The summed E-state index contributed by atoms with van der Waals surface area (Å²) in [6.45, 7) is 5.57. The quantitative estimate of drug-likeness (QED) is 0.781. The van der Waals surface area contributed by atoms with E-state index in [1.54, 1.807) is 6.26 Å². The maximum atomic E-state index is 12.2. The fourth-order valence-corrected chi connectivity index (χ4v) is 6.10. The molecule has 0 bridgehead atoms. The van der Waals surface area contributed by atoms with Gasteiger partial charge in [-0.25, -0.2) is 18.4 Å². The highest BCUT2D eigenvalue weighted by atomic mass is 32.2. The average molecular weight is 376 g/mol. The Morgan fingerprint density at radius 3 is 2.50 bits per heavy atom. The minimum Gasteiger partial charge on any atom is -0.461 e. The van der Waals surface area contributed by atoms with Gasteiger partial charge in [0.05, 0.1) is 17.8 Å². The van der Waals surface area contributed by atoms with Crippen LogP contribution in [-0.4, -0.2) is 71.4 Å². The maximum absolute atomic E-state index is 12.2. The number of hydrogen-bond donors (Lipinski definition) is 0. The van der Waals surface area contributed by atoms with Crippen LogP contribution in [0.5, 0.6) is 0 Å². The zero-order valence-corrected chi connectivity index (χ0v) is 15.7. The predicted molar refractivity (Wildman–Crippen MR) is 98.2 cm³/mol. The van der Waals surface area contributed by atoms with Crippen molar-refractivity contribution in [2.24, 2.45) is 0 Å². The zero-order chi connectivity index (χ0) is 18.1. The van der Waals surface area contributed by atoms with Crippen LogP contribution in [0.1, 0.15) is 18.9 Å². The van der Waals surface area contributed by atoms with E-state index in [9.17, 15) is 8.42 Å². The van der Waals surface area contributed by atoms with Crippen LogP contribution in [0.3, 0.4) is 0 Å². The molecule has 2 atom stereocenters. The van der Waals surface area contributed by atoms with E-state index >= 15 is 0 Å². The van der Waals surface area contributed by atoms with Crippen molar-refractivity contribution in [3.63, 3.8) is 0 Å². The Morgan fingerprint density at radius 1 is 1.15 bits per heavy atom. The number of sulfone groups is 1. The van der Waals surface area contributed by atoms with Gasteiger partial charge in [0, 0.05) is 49.7 Å². The van der Waals surface area contributed by atoms with Crippen LogP contribution in [0.15, 0.2) is 35.2 Å². The molecule has 4 rings (SSSR count). The summed E-state index contributed by atoms with van der Waals surface area (Å²) in [6.07, 6.45) is 6.26. The number of rotatable bonds is 5. The Balaban J connectivity index is 1.49. The molecule has 7 nitrogen and oxygen atoms in total. The molecular formula is C18H24N4O3S. The van der Waals surface area contributed by atoms with Crippen LogP contribution >= 0.6 is 0 Å². The van der Waals surface area contributed by atoms with Crippen molar-refractivity contribution in [3.8, 4) is 11.6 Å². The van der Waals surface area contributed by atoms with Gasteiger partial charge in [-0.1, -0.05) is 6.92 Å². The van der Waals surface area contributed by atoms with Crippen molar-refractivity contribution in [2.45, 2.75) is 32.0 Å². The molecule has 0 amide bonds. The largest absolute Gasteiger partial charge is 0.461 e. The van der Waals surface area contributed by atoms with Gasteiger partial charge in [-0.15, -0.1) is 0 Å².